The van der Waals surface area contributed by atoms with Crippen LogP contribution in [0, 0.1) is 5.92 Å². The lowest BCUT2D eigenvalue weighted by molar-refractivity contribution is 0.221. The molecule has 1 aromatic rings. The van der Waals surface area contributed by atoms with Crippen molar-refractivity contribution in [2.24, 2.45) is 5.92 Å². The monoisotopic (exact) mass is 314 g/mol. The molecule has 0 aromatic heterocycles. The van der Waals surface area contributed by atoms with E-state index in [-0.39, 0.29) is 18.3 Å². The second kappa shape index (κ2) is 7.27. The molecule has 0 spiro atoms. The maximum atomic E-state index is 12.1. The molecule has 21 heavy (non-hydrogen) atoms. The van der Waals surface area contributed by atoms with Gasteiger partial charge in [-0.2, -0.15) is 0 Å². The van der Waals surface area contributed by atoms with Gasteiger partial charge in [0.05, 0.1) is 17.6 Å². The molecule has 0 heterocycles. The average molecular weight is 314 g/mol. The van der Waals surface area contributed by atoms with E-state index >= 15 is 0 Å². The van der Waals surface area contributed by atoms with Crippen LogP contribution in [0.15, 0.2) is 24.3 Å². The lowest BCUT2D eigenvalue weighted by Crippen LogP contribution is -2.31. The molecule has 0 fully saturated rings. The third-order valence-corrected chi connectivity index (χ3v) is 6.33. The highest BCUT2D eigenvalue weighted by atomic mass is 32.2. The zero-order valence-corrected chi connectivity index (χ0v) is 14.1. The van der Waals surface area contributed by atoms with Gasteiger partial charge in [-0.15, -0.1) is 0 Å². The van der Waals surface area contributed by atoms with Crippen LogP contribution in [-0.2, 0) is 16.3 Å². The standard InChI is InChI=1S/C16H26O4S/c1-16(2,3)21(18,19)10-9-13(12-17)11-14-7-5-6-8-15(14)20-4/h5-8,13,17H,9-12H2,1-4H3. The molecule has 0 aliphatic heterocycles. The minimum Gasteiger partial charge on any atom is -0.496 e. The fourth-order valence-corrected chi connectivity index (χ4v) is 3.32. The molecule has 1 atom stereocenters. The molecule has 0 saturated carbocycles. The smallest absolute Gasteiger partial charge is 0.155 e. The van der Waals surface area contributed by atoms with Crippen molar-refractivity contribution in [2.45, 2.75) is 38.4 Å². The summed E-state index contributed by atoms with van der Waals surface area (Å²) in [5, 5.41) is 9.51. The Morgan fingerprint density at radius 1 is 1.24 bits per heavy atom. The third-order valence-electron chi connectivity index (χ3n) is 3.69. The Morgan fingerprint density at radius 2 is 1.86 bits per heavy atom. The van der Waals surface area contributed by atoms with Crippen LogP contribution in [0.3, 0.4) is 0 Å². The normalized spacial score (nSPS) is 14.0. The summed E-state index contributed by atoms with van der Waals surface area (Å²) in [5.41, 5.74) is 0.993. The fraction of sp³-hybridized carbons (Fsp3) is 0.625. The topological polar surface area (TPSA) is 63.6 Å². The first-order valence-electron chi connectivity index (χ1n) is 7.16. The van der Waals surface area contributed by atoms with Crippen LogP contribution in [0.4, 0.5) is 0 Å². The number of sulfone groups is 1. The predicted molar refractivity (Wildman–Crippen MR) is 85.4 cm³/mol. The van der Waals surface area contributed by atoms with E-state index < -0.39 is 14.6 Å². The van der Waals surface area contributed by atoms with Gasteiger partial charge in [0.15, 0.2) is 9.84 Å². The van der Waals surface area contributed by atoms with Crippen molar-refractivity contribution in [1.29, 1.82) is 0 Å². The van der Waals surface area contributed by atoms with Gasteiger partial charge in [0, 0.05) is 6.61 Å². The molecule has 1 N–H and O–H groups in total. The summed E-state index contributed by atoms with van der Waals surface area (Å²) >= 11 is 0. The number of benzene rings is 1. The van der Waals surface area contributed by atoms with Crippen molar-refractivity contribution in [3.05, 3.63) is 29.8 Å². The molecule has 120 valence electrons. The second-order valence-electron chi connectivity index (χ2n) is 6.28. The molecule has 4 nitrogen and oxygen atoms in total. The van der Waals surface area contributed by atoms with Crippen molar-refractivity contribution in [3.8, 4) is 5.75 Å². The van der Waals surface area contributed by atoms with Crippen molar-refractivity contribution in [3.63, 3.8) is 0 Å². The van der Waals surface area contributed by atoms with Gasteiger partial charge in [0.2, 0.25) is 0 Å². The molecular weight excluding hydrogens is 288 g/mol. The van der Waals surface area contributed by atoms with E-state index in [1.165, 1.54) is 0 Å². The summed E-state index contributed by atoms with van der Waals surface area (Å²) in [6.45, 7) is 5.08. The first kappa shape index (κ1) is 18.0. The van der Waals surface area contributed by atoms with Crippen molar-refractivity contribution in [1.82, 2.24) is 0 Å². The number of rotatable bonds is 7. The molecule has 1 aromatic carbocycles. The molecule has 5 heteroatoms. The summed E-state index contributed by atoms with van der Waals surface area (Å²) in [4.78, 5) is 0. The maximum Gasteiger partial charge on any atom is 0.155 e. The summed E-state index contributed by atoms with van der Waals surface area (Å²) < 4.78 is 28.8. The number of aliphatic hydroxyl groups is 1. The van der Waals surface area contributed by atoms with E-state index in [0.717, 1.165) is 11.3 Å². The van der Waals surface area contributed by atoms with Gasteiger partial charge in [-0.05, 0) is 51.2 Å². The molecular formula is C16H26O4S. The Labute approximate surface area is 128 Å². The van der Waals surface area contributed by atoms with Crippen LogP contribution in [0.25, 0.3) is 0 Å². The Balaban J connectivity index is 2.73. The van der Waals surface area contributed by atoms with Gasteiger partial charge < -0.3 is 9.84 Å². The van der Waals surface area contributed by atoms with Crippen LogP contribution in [0.2, 0.25) is 0 Å². The van der Waals surface area contributed by atoms with Crippen LogP contribution in [0.5, 0.6) is 5.75 Å². The number of hydrogen-bond acceptors (Lipinski definition) is 4. The first-order chi connectivity index (χ1) is 9.71. The number of ether oxygens (including phenoxy) is 1. The fourth-order valence-electron chi connectivity index (χ4n) is 2.07. The van der Waals surface area contributed by atoms with Crippen molar-refractivity contribution in [2.75, 3.05) is 19.5 Å². The number of methoxy groups -OCH3 is 1. The van der Waals surface area contributed by atoms with E-state index in [4.69, 9.17) is 4.74 Å². The van der Waals surface area contributed by atoms with Crippen molar-refractivity contribution < 1.29 is 18.3 Å². The van der Waals surface area contributed by atoms with Gasteiger partial charge in [0.25, 0.3) is 0 Å². The second-order valence-corrected chi connectivity index (χ2v) is 9.15. The van der Waals surface area contributed by atoms with Gasteiger partial charge in [-0.3, -0.25) is 0 Å². The zero-order valence-electron chi connectivity index (χ0n) is 13.3. The van der Waals surface area contributed by atoms with E-state index in [1.54, 1.807) is 27.9 Å². The number of aliphatic hydroxyl groups excluding tert-OH is 1. The number of para-hydroxylation sites is 1. The zero-order chi connectivity index (χ0) is 16.1. The SMILES string of the molecule is COc1ccccc1CC(CO)CCS(=O)(=O)C(C)(C)C. The van der Waals surface area contributed by atoms with E-state index in [1.807, 2.05) is 24.3 Å². The average Bonchev–Trinajstić information content (AvgIpc) is 2.42. The highest BCUT2D eigenvalue weighted by molar-refractivity contribution is 7.92. The lowest BCUT2D eigenvalue weighted by atomic mass is 9.97. The first-order valence-corrected chi connectivity index (χ1v) is 8.81. The molecule has 1 rings (SSSR count). The Hall–Kier alpha value is -1.07. The Kier molecular flexibility index (Phi) is 6.23. The molecule has 0 radical (unpaired) electrons. The molecule has 0 bridgehead atoms. The van der Waals surface area contributed by atoms with Gasteiger partial charge in [-0.25, -0.2) is 8.42 Å². The summed E-state index contributed by atoms with van der Waals surface area (Å²) in [6.07, 6.45) is 1.06. The lowest BCUT2D eigenvalue weighted by Gasteiger charge is -2.21. The van der Waals surface area contributed by atoms with Crippen LogP contribution in [-0.4, -0.2) is 37.7 Å². The predicted octanol–water partition coefficient (Wildman–Crippen LogP) is 2.45. The maximum absolute atomic E-state index is 12.1. The van der Waals surface area contributed by atoms with Gasteiger partial charge >= 0.3 is 0 Å². The minimum absolute atomic E-state index is 0.0300. The summed E-state index contributed by atoms with van der Waals surface area (Å²) in [7, 11) is -1.55. The molecule has 0 aliphatic carbocycles. The third kappa shape index (κ3) is 5.00. The molecule has 0 amide bonds. The minimum atomic E-state index is -3.15. The van der Waals surface area contributed by atoms with E-state index in [0.29, 0.717) is 12.8 Å². The van der Waals surface area contributed by atoms with Crippen LogP contribution in [0.1, 0.15) is 32.8 Å². The van der Waals surface area contributed by atoms with Crippen LogP contribution >= 0.6 is 0 Å². The highest BCUT2D eigenvalue weighted by Crippen LogP contribution is 2.24. The Bertz CT molecular complexity index is 544. The quantitative estimate of drug-likeness (QED) is 0.839. The van der Waals surface area contributed by atoms with E-state index in [2.05, 4.69) is 0 Å². The van der Waals surface area contributed by atoms with Crippen LogP contribution < -0.4 is 4.74 Å². The molecule has 0 aliphatic rings. The summed E-state index contributed by atoms with van der Waals surface area (Å²) in [5.74, 6) is 0.782. The molecule has 0 saturated heterocycles. The van der Waals surface area contributed by atoms with Crippen molar-refractivity contribution >= 4 is 9.84 Å². The largest absolute Gasteiger partial charge is 0.496 e. The van der Waals surface area contributed by atoms with E-state index in [9.17, 15) is 13.5 Å². The van der Waals surface area contributed by atoms with Gasteiger partial charge in [-0.1, -0.05) is 18.2 Å². The Morgan fingerprint density at radius 3 is 2.38 bits per heavy atom. The highest BCUT2D eigenvalue weighted by Gasteiger charge is 2.29. The molecule has 1 unspecified atom stereocenters. The summed E-state index contributed by atoms with van der Waals surface area (Å²) in [6, 6.07) is 7.62. The van der Waals surface area contributed by atoms with Gasteiger partial charge in [0.1, 0.15) is 5.75 Å². The number of hydrogen-bond donors (Lipinski definition) is 1.